The van der Waals surface area contributed by atoms with Gasteiger partial charge < -0.3 is 5.32 Å². The molecule has 7 nitrogen and oxygen atoms in total. The Hall–Kier alpha value is -2.74. The van der Waals surface area contributed by atoms with E-state index in [0.29, 0.717) is 17.1 Å². The standard InChI is InChI=1S/C16H18N6OS/c1-11-3-5-13(6-4-11)15-19-20-16(24)22(15)10-14(23)17-7-12-8-18-21(2)9-12/h3-6,8-9H,7,10H2,1-2H3,(H,17,23)(H,20,24). The Labute approximate surface area is 144 Å². The summed E-state index contributed by atoms with van der Waals surface area (Å²) in [5.41, 5.74) is 3.02. The highest BCUT2D eigenvalue weighted by Crippen LogP contribution is 2.17. The molecule has 0 saturated carbocycles. The number of hydrogen-bond donors (Lipinski definition) is 2. The summed E-state index contributed by atoms with van der Waals surface area (Å²) in [6, 6.07) is 7.92. The van der Waals surface area contributed by atoms with Gasteiger partial charge in [0, 0.05) is 30.9 Å². The van der Waals surface area contributed by atoms with Crippen LogP contribution in [-0.2, 0) is 24.9 Å². The summed E-state index contributed by atoms with van der Waals surface area (Å²) in [7, 11) is 1.84. The Balaban J connectivity index is 1.72. The predicted molar refractivity (Wildman–Crippen MR) is 92.6 cm³/mol. The van der Waals surface area contributed by atoms with Gasteiger partial charge in [-0.05, 0) is 19.1 Å². The summed E-state index contributed by atoms with van der Waals surface area (Å²) in [4.78, 5) is 12.2. The van der Waals surface area contributed by atoms with E-state index in [1.54, 1.807) is 15.4 Å². The number of nitrogens with one attached hydrogen (secondary N) is 2. The van der Waals surface area contributed by atoms with Crippen molar-refractivity contribution in [3.05, 3.63) is 52.6 Å². The van der Waals surface area contributed by atoms with Gasteiger partial charge in [0.1, 0.15) is 6.54 Å². The van der Waals surface area contributed by atoms with Crippen LogP contribution in [0.15, 0.2) is 36.7 Å². The summed E-state index contributed by atoms with van der Waals surface area (Å²) in [6.07, 6.45) is 3.59. The van der Waals surface area contributed by atoms with Crippen LogP contribution in [0.2, 0.25) is 0 Å². The van der Waals surface area contributed by atoms with E-state index in [0.717, 1.165) is 16.7 Å². The number of nitrogens with zero attached hydrogens (tertiary/aromatic N) is 4. The van der Waals surface area contributed by atoms with Gasteiger partial charge in [0.05, 0.1) is 6.20 Å². The van der Waals surface area contributed by atoms with Gasteiger partial charge in [0.15, 0.2) is 10.6 Å². The second-order valence-electron chi connectivity index (χ2n) is 5.60. The van der Waals surface area contributed by atoms with Gasteiger partial charge >= 0.3 is 0 Å². The maximum absolute atomic E-state index is 12.2. The van der Waals surface area contributed by atoms with Gasteiger partial charge in [-0.2, -0.15) is 10.2 Å². The highest BCUT2D eigenvalue weighted by Gasteiger charge is 2.12. The molecule has 0 saturated heterocycles. The molecule has 2 aromatic heterocycles. The zero-order chi connectivity index (χ0) is 17.1. The van der Waals surface area contributed by atoms with Crippen molar-refractivity contribution in [1.82, 2.24) is 29.9 Å². The van der Waals surface area contributed by atoms with E-state index >= 15 is 0 Å². The van der Waals surface area contributed by atoms with E-state index in [-0.39, 0.29) is 12.5 Å². The lowest BCUT2D eigenvalue weighted by molar-refractivity contribution is -0.121. The number of carbonyl (C=O) groups excluding carboxylic acids is 1. The van der Waals surface area contributed by atoms with E-state index in [1.807, 2.05) is 44.4 Å². The summed E-state index contributed by atoms with van der Waals surface area (Å²) < 4.78 is 3.81. The Morgan fingerprint density at radius 1 is 1.33 bits per heavy atom. The third-order valence-electron chi connectivity index (χ3n) is 3.62. The maximum atomic E-state index is 12.2. The molecule has 24 heavy (non-hydrogen) atoms. The summed E-state index contributed by atoms with van der Waals surface area (Å²) in [5, 5.41) is 13.9. The van der Waals surface area contributed by atoms with Crippen LogP contribution in [0.1, 0.15) is 11.1 Å². The van der Waals surface area contributed by atoms with Crippen LogP contribution >= 0.6 is 12.2 Å². The van der Waals surface area contributed by atoms with E-state index in [4.69, 9.17) is 12.2 Å². The first kappa shape index (κ1) is 16.1. The predicted octanol–water partition coefficient (Wildman–Crippen LogP) is 1.97. The first-order valence-electron chi connectivity index (χ1n) is 7.49. The van der Waals surface area contributed by atoms with Crippen LogP contribution in [0.5, 0.6) is 0 Å². The highest BCUT2D eigenvalue weighted by atomic mass is 32.1. The molecule has 0 atom stereocenters. The topological polar surface area (TPSA) is 80.5 Å². The molecule has 0 spiro atoms. The molecule has 2 heterocycles. The maximum Gasteiger partial charge on any atom is 0.240 e. The largest absolute Gasteiger partial charge is 0.350 e. The lowest BCUT2D eigenvalue weighted by Crippen LogP contribution is -2.27. The zero-order valence-electron chi connectivity index (χ0n) is 13.5. The van der Waals surface area contributed by atoms with Crippen molar-refractivity contribution in [2.45, 2.75) is 20.0 Å². The number of rotatable bonds is 5. The number of aromatic nitrogens is 5. The Kier molecular flexibility index (Phi) is 4.57. The van der Waals surface area contributed by atoms with Crippen LogP contribution in [0, 0.1) is 11.7 Å². The van der Waals surface area contributed by atoms with E-state index < -0.39 is 0 Å². The van der Waals surface area contributed by atoms with Gasteiger partial charge in [-0.25, -0.2) is 0 Å². The molecule has 0 aliphatic carbocycles. The number of benzene rings is 1. The summed E-state index contributed by atoms with van der Waals surface area (Å²) in [5.74, 6) is 0.515. The number of H-pyrrole nitrogens is 1. The molecule has 8 heteroatoms. The number of hydrogen-bond acceptors (Lipinski definition) is 4. The molecule has 3 aromatic rings. The van der Waals surface area contributed by atoms with Crippen molar-refractivity contribution in [1.29, 1.82) is 0 Å². The second-order valence-corrected chi connectivity index (χ2v) is 5.99. The van der Waals surface area contributed by atoms with Crippen molar-refractivity contribution in [3.8, 4) is 11.4 Å². The molecule has 1 aromatic carbocycles. The molecule has 0 unspecified atom stereocenters. The van der Waals surface area contributed by atoms with Crippen LogP contribution in [0.4, 0.5) is 0 Å². The van der Waals surface area contributed by atoms with E-state index in [9.17, 15) is 4.79 Å². The minimum atomic E-state index is -0.135. The first-order chi connectivity index (χ1) is 11.5. The van der Waals surface area contributed by atoms with Crippen LogP contribution in [0.25, 0.3) is 11.4 Å². The molecule has 124 valence electrons. The summed E-state index contributed by atoms with van der Waals surface area (Å²) in [6.45, 7) is 2.56. The van der Waals surface area contributed by atoms with E-state index in [2.05, 4.69) is 20.6 Å². The average molecular weight is 342 g/mol. The quantitative estimate of drug-likeness (QED) is 0.695. The SMILES string of the molecule is Cc1ccc(-c2n[nH]c(=S)n2CC(=O)NCc2cnn(C)c2)cc1. The minimum absolute atomic E-state index is 0.110. The fourth-order valence-corrected chi connectivity index (χ4v) is 2.55. The van der Waals surface area contributed by atoms with Crippen LogP contribution in [0.3, 0.4) is 0 Å². The van der Waals surface area contributed by atoms with Gasteiger partial charge in [-0.3, -0.25) is 19.1 Å². The second kappa shape index (κ2) is 6.79. The molecule has 0 bridgehead atoms. The lowest BCUT2D eigenvalue weighted by Gasteiger charge is -2.08. The minimum Gasteiger partial charge on any atom is -0.350 e. The summed E-state index contributed by atoms with van der Waals surface area (Å²) >= 11 is 5.25. The van der Waals surface area contributed by atoms with Crippen LogP contribution in [-0.4, -0.2) is 30.5 Å². The van der Waals surface area contributed by atoms with Crippen molar-refractivity contribution in [3.63, 3.8) is 0 Å². The van der Waals surface area contributed by atoms with Crippen molar-refractivity contribution >= 4 is 18.1 Å². The third-order valence-corrected chi connectivity index (χ3v) is 3.93. The third kappa shape index (κ3) is 3.60. The monoisotopic (exact) mass is 342 g/mol. The fourth-order valence-electron chi connectivity index (χ4n) is 2.35. The van der Waals surface area contributed by atoms with Gasteiger partial charge in [0.25, 0.3) is 0 Å². The van der Waals surface area contributed by atoms with Gasteiger partial charge in [-0.15, -0.1) is 0 Å². The molecule has 0 aliphatic rings. The zero-order valence-corrected chi connectivity index (χ0v) is 14.3. The molecule has 0 fully saturated rings. The number of carbonyl (C=O) groups is 1. The van der Waals surface area contributed by atoms with Gasteiger partial charge in [-0.1, -0.05) is 29.8 Å². The molecular weight excluding hydrogens is 324 g/mol. The lowest BCUT2D eigenvalue weighted by atomic mass is 10.1. The highest BCUT2D eigenvalue weighted by molar-refractivity contribution is 7.71. The molecule has 0 aliphatic heterocycles. The van der Waals surface area contributed by atoms with Crippen molar-refractivity contribution < 1.29 is 4.79 Å². The molecule has 1 amide bonds. The average Bonchev–Trinajstić information content (AvgIpc) is 3.13. The van der Waals surface area contributed by atoms with Crippen molar-refractivity contribution in [2.75, 3.05) is 0 Å². The molecule has 2 N–H and O–H groups in total. The molecular formula is C16H18N6OS. The normalized spacial score (nSPS) is 10.8. The van der Waals surface area contributed by atoms with Crippen molar-refractivity contribution in [2.24, 2.45) is 7.05 Å². The van der Waals surface area contributed by atoms with E-state index in [1.165, 1.54) is 0 Å². The number of amides is 1. The molecule has 3 rings (SSSR count). The first-order valence-corrected chi connectivity index (χ1v) is 7.90. The fraction of sp³-hybridized carbons (Fsp3) is 0.250. The Morgan fingerprint density at radius 2 is 2.08 bits per heavy atom. The Bertz CT molecular complexity index is 905. The Morgan fingerprint density at radius 3 is 2.75 bits per heavy atom. The van der Waals surface area contributed by atoms with Crippen LogP contribution < -0.4 is 5.32 Å². The number of aryl methyl sites for hydroxylation is 2. The smallest absolute Gasteiger partial charge is 0.240 e. The van der Waals surface area contributed by atoms with Gasteiger partial charge in [0.2, 0.25) is 5.91 Å². The molecule has 0 radical (unpaired) electrons. The number of aromatic amines is 1.